The predicted octanol–water partition coefficient (Wildman–Crippen LogP) is 4.88. The van der Waals surface area contributed by atoms with Crippen LogP contribution in [0.4, 0.5) is 0 Å². The average Bonchev–Trinajstić information content (AvgIpc) is 2.74. The highest BCUT2D eigenvalue weighted by molar-refractivity contribution is 6.42. The van der Waals surface area contributed by atoms with Crippen molar-refractivity contribution in [3.8, 4) is 5.75 Å². The number of halogens is 2. The smallest absolute Gasteiger partial charge is 0.242 e. The zero-order valence-electron chi connectivity index (χ0n) is 17.7. The highest BCUT2D eigenvalue weighted by Gasteiger charge is 2.27. The molecule has 0 aliphatic carbocycles. The second kappa shape index (κ2) is 11.2. The van der Waals surface area contributed by atoms with Crippen molar-refractivity contribution < 1.29 is 14.3 Å². The van der Waals surface area contributed by atoms with Gasteiger partial charge in [0, 0.05) is 12.6 Å². The van der Waals surface area contributed by atoms with Crippen molar-refractivity contribution in [3.63, 3.8) is 0 Å². The van der Waals surface area contributed by atoms with Gasteiger partial charge in [-0.25, -0.2) is 0 Å². The van der Waals surface area contributed by atoms with E-state index in [4.69, 9.17) is 27.9 Å². The normalized spacial score (nSPS) is 12.7. The molecule has 30 heavy (non-hydrogen) atoms. The van der Waals surface area contributed by atoms with Gasteiger partial charge in [0.15, 0.2) is 0 Å². The Balaban J connectivity index is 2.24. The summed E-state index contributed by atoms with van der Waals surface area (Å²) in [6.45, 7) is 5.99. The molecule has 2 aromatic carbocycles. The summed E-state index contributed by atoms with van der Waals surface area (Å²) >= 11 is 12.1. The van der Waals surface area contributed by atoms with Crippen LogP contribution in [0.1, 0.15) is 38.3 Å². The molecule has 2 aromatic rings. The van der Waals surface area contributed by atoms with E-state index in [0.29, 0.717) is 16.6 Å². The van der Waals surface area contributed by atoms with Crippen LogP contribution in [0.2, 0.25) is 10.0 Å². The lowest BCUT2D eigenvalue weighted by Crippen LogP contribution is -2.49. The first-order valence-corrected chi connectivity index (χ1v) is 10.7. The molecule has 0 unspecified atom stereocenters. The van der Waals surface area contributed by atoms with E-state index in [1.807, 2.05) is 38.1 Å². The Hall–Kier alpha value is -2.24. The molecular formula is C23H28Cl2N2O3. The quantitative estimate of drug-likeness (QED) is 0.592. The van der Waals surface area contributed by atoms with Crippen LogP contribution in [-0.4, -0.2) is 35.9 Å². The Bertz CT molecular complexity index is 871. The number of hydrogen-bond acceptors (Lipinski definition) is 3. The highest BCUT2D eigenvalue weighted by atomic mass is 35.5. The summed E-state index contributed by atoms with van der Waals surface area (Å²) < 4.78 is 5.20. The Labute approximate surface area is 188 Å². The lowest BCUT2D eigenvalue weighted by molar-refractivity contribution is -0.140. The number of amides is 2. The zero-order valence-corrected chi connectivity index (χ0v) is 19.3. The minimum absolute atomic E-state index is 0.0351. The molecule has 0 aromatic heterocycles. The third-order valence-corrected chi connectivity index (χ3v) is 5.76. The fourth-order valence-electron chi connectivity index (χ4n) is 2.90. The molecule has 2 rings (SSSR count). The molecule has 0 saturated heterocycles. The lowest BCUT2D eigenvalue weighted by Gasteiger charge is -2.30. The van der Waals surface area contributed by atoms with Crippen LogP contribution in [0.3, 0.4) is 0 Å². The van der Waals surface area contributed by atoms with Crippen molar-refractivity contribution in [1.82, 2.24) is 10.2 Å². The van der Waals surface area contributed by atoms with Crippen LogP contribution in [-0.2, 0) is 22.6 Å². The summed E-state index contributed by atoms with van der Waals surface area (Å²) in [4.78, 5) is 27.5. The van der Waals surface area contributed by atoms with Gasteiger partial charge in [0.1, 0.15) is 11.8 Å². The lowest BCUT2D eigenvalue weighted by atomic mass is 10.1. The monoisotopic (exact) mass is 450 g/mol. The van der Waals surface area contributed by atoms with Crippen molar-refractivity contribution in [2.24, 2.45) is 0 Å². The van der Waals surface area contributed by atoms with Crippen LogP contribution in [0.15, 0.2) is 42.5 Å². The first-order valence-electron chi connectivity index (χ1n) is 9.91. The number of nitrogens with zero attached hydrogens (tertiary/aromatic N) is 1. The molecule has 0 bridgehead atoms. The van der Waals surface area contributed by atoms with Crippen molar-refractivity contribution in [2.75, 3.05) is 7.11 Å². The second-order valence-corrected chi connectivity index (χ2v) is 8.10. The number of hydrogen-bond donors (Lipinski definition) is 1. The van der Waals surface area contributed by atoms with Crippen LogP contribution in [0, 0.1) is 0 Å². The molecule has 0 heterocycles. The molecule has 0 radical (unpaired) electrons. The van der Waals surface area contributed by atoms with E-state index >= 15 is 0 Å². The minimum atomic E-state index is -0.628. The van der Waals surface area contributed by atoms with Gasteiger partial charge in [0.25, 0.3) is 0 Å². The molecule has 5 nitrogen and oxygen atoms in total. The summed E-state index contributed by atoms with van der Waals surface area (Å²) in [6, 6.07) is 12.0. The van der Waals surface area contributed by atoms with Gasteiger partial charge in [0.05, 0.1) is 23.6 Å². The molecule has 2 amide bonds. The molecular weight excluding hydrogens is 423 g/mol. The molecule has 0 fully saturated rings. The van der Waals surface area contributed by atoms with E-state index in [1.54, 1.807) is 37.1 Å². The van der Waals surface area contributed by atoms with Gasteiger partial charge in [0.2, 0.25) is 11.8 Å². The fraction of sp³-hybridized carbons (Fsp3) is 0.391. The Morgan fingerprint density at radius 1 is 1.03 bits per heavy atom. The number of ether oxygens (including phenoxy) is 1. The van der Waals surface area contributed by atoms with Crippen LogP contribution in [0.5, 0.6) is 5.75 Å². The number of benzene rings is 2. The number of rotatable bonds is 9. The predicted molar refractivity (Wildman–Crippen MR) is 121 cm³/mol. The summed E-state index contributed by atoms with van der Waals surface area (Å²) in [7, 11) is 1.60. The van der Waals surface area contributed by atoms with Crippen LogP contribution < -0.4 is 10.1 Å². The zero-order chi connectivity index (χ0) is 22.3. The standard InChI is InChI=1S/C23H28Cl2N2O3/c1-5-15(2)26-23(29)16(3)27(14-17-6-9-19(30-4)10-7-17)22(28)13-18-8-11-20(24)21(25)12-18/h6-12,15-16H,5,13-14H2,1-4H3,(H,26,29)/t15-,16+/m0/s1. The molecule has 0 saturated carbocycles. The van der Waals surface area contributed by atoms with Crippen molar-refractivity contribution in [3.05, 3.63) is 63.6 Å². The van der Waals surface area contributed by atoms with E-state index in [0.717, 1.165) is 23.3 Å². The topological polar surface area (TPSA) is 58.6 Å². The first-order chi connectivity index (χ1) is 14.2. The maximum Gasteiger partial charge on any atom is 0.242 e. The van der Waals surface area contributed by atoms with Gasteiger partial charge >= 0.3 is 0 Å². The largest absolute Gasteiger partial charge is 0.497 e. The third-order valence-electron chi connectivity index (χ3n) is 5.02. The van der Waals surface area contributed by atoms with Gasteiger partial charge in [-0.2, -0.15) is 0 Å². The van der Waals surface area contributed by atoms with E-state index in [-0.39, 0.29) is 24.3 Å². The van der Waals surface area contributed by atoms with Gasteiger partial charge in [-0.15, -0.1) is 0 Å². The second-order valence-electron chi connectivity index (χ2n) is 7.29. The molecule has 162 valence electrons. The van der Waals surface area contributed by atoms with E-state index in [1.165, 1.54) is 0 Å². The van der Waals surface area contributed by atoms with Gasteiger partial charge in [-0.1, -0.05) is 48.3 Å². The van der Waals surface area contributed by atoms with Crippen LogP contribution >= 0.6 is 23.2 Å². The molecule has 7 heteroatoms. The summed E-state index contributed by atoms with van der Waals surface area (Å²) in [5.41, 5.74) is 1.64. The van der Waals surface area contributed by atoms with E-state index < -0.39 is 6.04 Å². The number of methoxy groups -OCH3 is 1. The molecule has 0 aliphatic heterocycles. The van der Waals surface area contributed by atoms with Crippen molar-refractivity contribution in [1.29, 1.82) is 0 Å². The molecule has 2 atom stereocenters. The SMILES string of the molecule is CC[C@H](C)NC(=O)[C@@H](C)N(Cc1ccc(OC)cc1)C(=O)Cc1ccc(Cl)c(Cl)c1. The number of nitrogens with one attached hydrogen (secondary N) is 1. The summed E-state index contributed by atoms with van der Waals surface area (Å²) in [6.07, 6.45) is 0.933. The average molecular weight is 451 g/mol. The molecule has 0 spiro atoms. The maximum atomic E-state index is 13.2. The van der Waals surface area contributed by atoms with Gasteiger partial charge < -0.3 is 15.0 Å². The van der Waals surface area contributed by atoms with Crippen molar-refractivity contribution >= 4 is 35.0 Å². The Kier molecular flexibility index (Phi) is 9.00. The third kappa shape index (κ3) is 6.64. The van der Waals surface area contributed by atoms with Gasteiger partial charge in [-0.05, 0) is 55.7 Å². The number of carbonyl (C=O) groups excluding carboxylic acids is 2. The Morgan fingerprint density at radius 3 is 2.23 bits per heavy atom. The molecule has 0 aliphatic rings. The summed E-state index contributed by atoms with van der Waals surface area (Å²) in [5.74, 6) is 0.381. The fourth-order valence-corrected chi connectivity index (χ4v) is 3.22. The first kappa shape index (κ1) is 24.0. The van der Waals surface area contributed by atoms with Gasteiger partial charge in [-0.3, -0.25) is 9.59 Å². The maximum absolute atomic E-state index is 13.2. The van der Waals surface area contributed by atoms with E-state index in [9.17, 15) is 9.59 Å². The van der Waals surface area contributed by atoms with Crippen molar-refractivity contribution in [2.45, 2.75) is 52.2 Å². The summed E-state index contributed by atoms with van der Waals surface area (Å²) in [5, 5.41) is 3.79. The minimum Gasteiger partial charge on any atom is -0.497 e. The molecule has 1 N–H and O–H groups in total. The number of carbonyl (C=O) groups is 2. The highest BCUT2D eigenvalue weighted by Crippen LogP contribution is 2.23. The van der Waals surface area contributed by atoms with Crippen LogP contribution in [0.25, 0.3) is 0 Å². The van der Waals surface area contributed by atoms with E-state index in [2.05, 4.69) is 5.32 Å². The Morgan fingerprint density at radius 2 is 1.67 bits per heavy atom.